The van der Waals surface area contributed by atoms with E-state index in [9.17, 15) is 4.79 Å². The van der Waals surface area contributed by atoms with Gasteiger partial charge in [-0.25, -0.2) is 9.78 Å². The molecule has 21 heavy (non-hydrogen) atoms. The Morgan fingerprint density at radius 2 is 2.05 bits per heavy atom. The molecule has 0 spiro atoms. The summed E-state index contributed by atoms with van der Waals surface area (Å²) in [4.78, 5) is 20.6. The zero-order chi connectivity index (χ0) is 15.4. The van der Waals surface area contributed by atoms with Crippen molar-refractivity contribution in [3.05, 3.63) is 17.8 Å². The highest BCUT2D eigenvalue weighted by Gasteiger charge is 2.22. The molecule has 1 saturated heterocycles. The van der Waals surface area contributed by atoms with Crippen LogP contribution in [0.2, 0.25) is 0 Å². The molecule has 2 heterocycles. The minimum atomic E-state index is -0.422. The molecule has 116 valence electrons. The van der Waals surface area contributed by atoms with E-state index >= 15 is 0 Å². The summed E-state index contributed by atoms with van der Waals surface area (Å²) in [5.41, 5.74) is 6.87. The van der Waals surface area contributed by atoms with Crippen molar-refractivity contribution in [3.8, 4) is 0 Å². The highest BCUT2D eigenvalue weighted by molar-refractivity contribution is 5.97. The van der Waals surface area contributed by atoms with Crippen LogP contribution in [0.3, 0.4) is 0 Å². The van der Waals surface area contributed by atoms with Gasteiger partial charge in [-0.05, 0) is 12.0 Å². The Morgan fingerprint density at radius 1 is 1.38 bits per heavy atom. The Morgan fingerprint density at radius 3 is 2.62 bits per heavy atom. The van der Waals surface area contributed by atoms with E-state index in [-0.39, 0.29) is 0 Å². The van der Waals surface area contributed by atoms with E-state index in [2.05, 4.69) is 28.6 Å². The van der Waals surface area contributed by atoms with Gasteiger partial charge in [0.1, 0.15) is 0 Å². The van der Waals surface area contributed by atoms with Gasteiger partial charge >= 0.3 is 5.97 Å². The van der Waals surface area contributed by atoms with Crippen molar-refractivity contribution < 1.29 is 9.53 Å². The maximum absolute atomic E-state index is 11.7. The fourth-order valence-corrected chi connectivity index (χ4v) is 2.66. The van der Waals surface area contributed by atoms with Crippen LogP contribution in [0.25, 0.3) is 0 Å². The van der Waals surface area contributed by atoms with Crippen LogP contribution in [-0.2, 0) is 4.74 Å². The number of methoxy groups -OCH3 is 1. The van der Waals surface area contributed by atoms with Gasteiger partial charge in [0.05, 0.1) is 18.4 Å². The summed E-state index contributed by atoms with van der Waals surface area (Å²) in [5, 5.41) is 0. The molecule has 0 aliphatic carbocycles. The molecule has 1 aliphatic rings. The summed E-state index contributed by atoms with van der Waals surface area (Å²) >= 11 is 0. The van der Waals surface area contributed by atoms with Crippen LogP contribution in [0.4, 0.5) is 11.5 Å². The molecule has 6 nitrogen and oxygen atoms in total. The summed E-state index contributed by atoms with van der Waals surface area (Å²) < 4.78 is 4.75. The normalized spacial score (nSPS) is 16.3. The molecule has 0 unspecified atom stereocenters. The van der Waals surface area contributed by atoms with Crippen LogP contribution < -0.4 is 10.6 Å². The van der Waals surface area contributed by atoms with Gasteiger partial charge in [0.2, 0.25) is 0 Å². The minimum Gasteiger partial charge on any atom is -0.465 e. The quantitative estimate of drug-likeness (QED) is 0.842. The summed E-state index contributed by atoms with van der Waals surface area (Å²) in [5.74, 6) is 0.930. The number of pyridine rings is 1. The van der Waals surface area contributed by atoms with Crippen LogP contribution in [0, 0.1) is 5.92 Å². The van der Waals surface area contributed by atoms with Crippen molar-refractivity contribution >= 4 is 17.5 Å². The number of esters is 1. The lowest BCUT2D eigenvalue weighted by Crippen LogP contribution is -2.48. The predicted molar refractivity (Wildman–Crippen MR) is 83.5 cm³/mol. The number of rotatable bonds is 4. The van der Waals surface area contributed by atoms with Crippen molar-refractivity contribution in [2.75, 3.05) is 50.5 Å². The summed E-state index contributed by atoms with van der Waals surface area (Å²) in [6.07, 6.45) is 1.61. The second kappa shape index (κ2) is 6.76. The molecule has 6 heteroatoms. The number of ether oxygens (including phenoxy) is 1. The van der Waals surface area contributed by atoms with E-state index < -0.39 is 5.97 Å². The smallest absolute Gasteiger partial charge is 0.340 e. The Balaban J connectivity index is 2.08. The molecule has 0 amide bonds. The Bertz CT molecular complexity index is 496. The molecule has 1 aromatic heterocycles. The minimum absolute atomic E-state index is 0.382. The molecule has 0 atom stereocenters. The molecule has 0 radical (unpaired) electrons. The number of carbonyl (C=O) groups is 1. The van der Waals surface area contributed by atoms with Gasteiger partial charge < -0.3 is 15.4 Å². The molecule has 2 N–H and O–H groups in total. The second-order valence-corrected chi connectivity index (χ2v) is 5.77. The molecule has 1 aromatic rings. The number of nitrogens with two attached hydrogens (primary N) is 1. The van der Waals surface area contributed by atoms with E-state index in [1.807, 2.05) is 0 Å². The average molecular weight is 292 g/mol. The van der Waals surface area contributed by atoms with Crippen LogP contribution in [0.15, 0.2) is 12.3 Å². The van der Waals surface area contributed by atoms with Gasteiger partial charge in [-0.1, -0.05) is 13.8 Å². The third-order valence-corrected chi connectivity index (χ3v) is 3.67. The molecular weight excluding hydrogens is 268 g/mol. The molecule has 0 saturated carbocycles. The number of aromatic nitrogens is 1. The van der Waals surface area contributed by atoms with E-state index in [0.717, 1.165) is 32.7 Å². The largest absolute Gasteiger partial charge is 0.465 e. The second-order valence-electron chi connectivity index (χ2n) is 5.77. The van der Waals surface area contributed by atoms with Crippen LogP contribution >= 0.6 is 0 Å². The van der Waals surface area contributed by atoms with Gasteiger partial charge in [0.25, 0.3) is 0 Å². The highest BCUT2D eigenvalue weighted by Crippen LogP contribution is 2.25. The fraction of sp³-hybridized carbons (Fsp3) is 0.600. The van der Waals surface area contributed by atoms with Gasteiger partial charge in [0, 0.05) is 38.9 Å². The number of hydrogen-bond acceptors (Lipinski definition) is 6. The fourth-order valence-electron chi connectivity index (χ4n) is 2.66. The van der Waals surface area contributed by atoms with E-state index in [1.54, 1.807) is 12.3 Å². The standard InChI is InChI=1S/C15H24N4O2/c1-11(2)10-18-6-8-19(9-7-18)14-13(16)12(4-5-17-14)15(20)21-3/h4-5,11H,6-10,16H2,1-3H3. The lowest BCUT2D eigenvalue weighted by atomic mass is 10.1. The lowest BCUT2D eigenvalue weighted by molar-refractivity contribution is 0.0602. The van der Waals surface area contributed by atoms with Crippen LogP contribution in [-0.4, -0.2) is 55.7 Å². The molecular formula is C15H24N4O2. The third kappa shape index (κ3) is 3.64. The molecule has 1 fully saturated rings. The van der Waals surface area contributed by atoms with E-state index in [0.29, 0.717) is 23.0 Å². The maximum Gasteiger partial charge on any atom is 0.340 e. The summed E-state index contributed by atoms with van der Waals surface area (Å²) in [6, 6.07) is 1.60. The zero-order valence-electron chi connectivity index (χ0n) is 13.0. The van der Waals surface area contributed by atoms with Crippen molar-refractivity contribution in [2.45, 2.75) is 13.8 Å². The van der Waals surface area contributed by atoms with Gasteiger partial charge in [-0.15, -0.1) is 0 Å². The first-order valence-electron chi connectivity index (χ1n) is 7.33. The lowest BCUT2D eigenvalue weighted by Gasteiger charge is -2.36. The number of anilines is 2. The number of carbonyl (C=O) groups excluding carboxylic acids is 1. The SMILES string of the molecule is COC(=O)c1ccnc(N2CCN(CC(C)C)CC2)c1N. The number of nitrogen functional groups attached to an aromatic ring is 1. The topological polar surface area (TPSA) is 71.7 Å². The molecule has 0 aromatic carbocycles. The Kier molecular flexibility index (Phi) is 5.01. The molecule has 0 bridgehead atoms. The van der Waals surface area contributed by atoms with Crippen molar-refractivity contribution in [1.29, 1.82) is 0 Å². The summed E-state index contributed by atoms with van der Waals surface area (Å²) in [6.45, 7) is 9.28. The van der Waals surface area contributed by atoms with Crippen LogP contribution in [0.1, 0.15) is 24.2 Å². The van der Waals surface area contributed by atoms with E-state index in [1.165, 1.54) is 7.11 Å². The van der Waals surface area contributed by atoms with Crippen molar-refractivity contribution in [3.63, 3.8) is 0 Å². The predicted octanol–water partition coefficient (Wildman–Crippen LogP) is 1.23. The Labute approximate surface area is 125 Å². The van der Waals surface area contributed by atoms with Crippen molar-refractivity contribution in [1.82, 2.24) is 9.88 Å². The first-order valence-corrected chi connectivity index (χ1v) is 7.33. The van der Waals surface area contributed by atoms with Gasteiger partial charge in [-0.2, -0.15) is 0 Å². The maximum atomic E-state index is 11.7. The monoisotopic (exact) mass is 292 g/mol. The number of nitrogens with zero attached hydrogens (tertiary/aromatic N) is 3. The number of piperazine rings is 1. The van der Waals surface area contributed by atoms with E-state index in [4.69, 9.17) is 10.5 Å². The number of hydrogen-bond donors (Lipinski definition) is 1. The van der Waals surface area contributed by atoms with Crippen molar-refractivity contribution in [2.24, 2.45) is 5.92 Å². The highest BCUT2D eigenvalue weighted by atomic mass is 16.5. The summed E-state index contributed by atoms with van der Waals surface area (Å²) in [7, 11) is 1.35. The Hall–Kier alpha value is -1.82. The first kappa shape index (κ1) is 15.6. The van der Waals surface area contributed by atoms with Crippen LogP contribution in [0.5, 0.6) is 0 Å². The van der Waals surface area contributed by atoms with Gasteiger partial charge in [0.15, 0.2) is 5.82 Å². The average Bonchev–Trinajstić information content (AvgIpc) is 2.47. The molecule has 1 aliphatic heterocycles. The third-order valence-electron chi connectivity index (χ3n) is 3.67. The van der Waals surface area contributed by atoms with Gasteiger partial charge in [-0.3, -0.25) is 4.90 Å². The molecule has 2 rings (SSSR count). The zero-order valence-corrected chi connectivity index (χ0v) is 13.0. The first-order chi connectivity index (χ1) is 10.0.